The second kappa shape index (κ2) is 7.96. The molecule has 0 saturated heterocycles. The van der Waals surface area contributed by atoms with E-state index >= 15 is 0 Å². The maximum atomic E-state index is 14.7. The summed E-state index contributed by atoms with van der Waals surface area (Å²) >= 11 is 0. The first-order chi connectivity index (χ1) is 16.1. The lowest BCUT2D eigenvalue weighted by molar-refractivity contribution is 0.0650. The third kappa shape index (κ3) is 3.49. The number of halogens is 1. The smallest absolute Gasteiger partial charge is 0.336 e. The van der Waals surface area contributed by atoms with Crippen LogP contribution in [0.1, 0.15) is 55.2 Å². The summed E-state index contributed by atoms with van der Waals surface area (Å²) in [6, 6.07) is 14.2. The highest BCUT2D eigenvalue weighted by Gasteiger charge is 2.35. The lowest BCUT2D eigenvalue weighted by atomic mass is 9.75. The standard InChI is InChI=1S/C27H25FN2O3/c28-21-3-1-2-20-23-14-29-15-30(23)22(27(20)21)13-24(31)17-6-4-16(5-7-17)18-8-10-25-19(12-18)9-11-26(32)33-25/h1-3,8-12,14-17,22,24,31H,4-7,13H2. The van der Waals surface area contributed by atoms with Gasteiger partial charge in [0.25, 0.3) is 0 Å². The summed E-state index contributed by atoms with van der Waals surface area (Å²) in [7, 11) is 0. The van der Waals surface area contributed by atoms with Crippen LogP contribution in [0.2, 0.25) is 0 Å². The summed E-state index contributed by atoms with van der Waals surface area (Å²) in [5, 5.41) is 12.1. The fourth-order valence-corrected chi connectivity index (χ4v) is 5.83. The predicted octanol–water partition coefficient (Wildman–Crippen LogP) is 5.42. The Kier molecular flexibility index (Phi) is 4.91. The van der Waals surface area contributed by atoms with Gasteiger partial charge in [-0.1, -0.05) is 18.2 Å². The molecule has 2 aromatic heterocycles. The van der Waals surface area contributed by atoms with Crippen LogP contribution in [0.4, 0.5) is 4.39 Å². The van der Waals surface area contributed by atoms with Crippen LogP contribution in [0.15, 0.2) is 70.3 Å². The van der Waals surface area contributed by atoms with E-state index in [2.05, 4.69) is 11.1 Å². The van der Waals surface area contributed by atoms with Gasteiger partial charge in [0.05, 0.1) is 30.4 Å². The first kappa shape index (κ1) is 20.4. The number of aliphatic hydroxyl groups is 1. The van der Waals surface area contributed by atoms with Gasteiger partial charge >= 0.3 is 5.63 Å². The highest BCUT2D eigenvalue weighted by Crippen LogP contribution is 2.45. The molecule has 6 rings (SSSR count). The normalized spacial score (nSPS) is 22.8. The largest absolute Gasteiger partial charge is 0.423 e. The molecule has 1 fully saturated rings. The molecule has 1 aliphatic heterocycles. The Labute approximate surface area is 190 Å². The zero-order valence-corrected chi connectivity index (χ0v) is 18.2. The van der Waals surface area contributed by atoms with Crippen LogP contribution >= 0.6 is 0 Å². The number of hydrogen-bond acceptors (Lipinski definition) is 4. The summed E-state index contributed by atoms with van der Waals surface area (Å²) in [6.45, 7) is 0. The molecule has 168 valence electrons. The van der Waals surface area contributed by atoms with E-state index in [0.717, 1.165) is 42.3 Å². The van der Waals surface area contributed by atoms with Crippen molar-refractivity contribution in [1.82, 2.24) is 9.55 Å². The number of aliphatic hydroxyl groups excluding tert-OH is 1. The molecule has 5 nitrogen and oxygen atoms in total. The van der Waals surface area contributed by atoms with E-state index in [4.69, 9.17) is 4.42 Å². The molecule has 2 aromatic carbocycles. The maximum Gasteiger partial charge on any atom is 0.336 e. The molecule has 0 radical (unpaired) electrons. The molecule has 0 amide bonds. The number of hydrogen-bond donors (Lipinski definition) is 1. The zero-order chi connectivity index (χ0) is 22.5. The summed E-state index contributed by atoms with van der Waals surface area (Å²) < 4.78 is 22.0. The van der Waals surface area contributed by atoms with Crippen molar-refractivity contribution in [3.63, 3.8) is 0 Å². The van der Waals surface area contributed by atoms with Crippen molar-refractivity contribution in [2.24, 2.45) is 5.92 Å². The summed E-state index contributed by atoms with van der Waals surface area (Å²) in [5.41, 5.74) is 3.98. The van der Waals surface area contributed by atoms with Gasteiger partial charge in [0, 0.05) is 22.6 Å². The van der Waals surface area contributed by atoms with E-state index in [1.165, 1.54) is 17.7 Å². The van der Waals surface area contributed by atoms with Crippen molar-refractivity contribution in [3.8, 4) is 11.3 Å². The van der Waals surface area contributed by atoms with Gasteiger partial charge in [-0.2, -0.15) is 0 Å². The van der Waals surface area contributed by atoms with E-state index in [-0.39, 0.29) is 23.4 Å². The lowest BCUT2D eigenvalue weighted by Gasteiger charge is -2.33. The quantitative estimate of drug-likeness (QED) is 0.427. The van der Waals surface area contributed by atoms with Gasteiger partial charge in [0.15, 0.2) is 0 Å². The summed E-state index contributed by atoms with van der Waals surface area (Å²) in [5.74, 6) is 0.404. The second-order valence-corrected chi connectivity index (χ2v) is 9.37. The third-order valence-electron chi connectivity index (χ3n) is 7.56. The molecule has 2 atom stereocenters. The van der Waals surface area contributed by atoms with E-state index in [9.17, 15) is 14.3 Å². The Hall–Kier alpha value is -3.25. The Morgan fingerprint density at radius 1 is 1.12 bits per heavy atom. The Morgan fingerprint density at radius 2 is 1.97 bits per heavy atom. The molecule has 0 spiro atoms. The highest BCUT2D eigenvalue weighted by atomic mass is 19.1. The van der Waals surface area contributed by atoms with Gasteiger partial charge in [-0.3, -0.25) is 0 Å². The molecular weight excluding hydrogens is 419 g/mol. The number of rotatable bonds is 4. The van der Waals surface area contributed by atoms with Gasteiger partial charge < -0.3 is 14.1 Å². The zero-order valence-electron chi connectivity index (χ0n) is 18.2. The van der Waals surface area contributed by atoms with Crippen LogP contribution in [-0.4, -0.2) is 20.8 Å². The lowest BCUT2D eigenvalue weighted by Crippen LogP contribution is -2.28. The number of nitrogens with zero attached hydrogens (tertiary/aromatic N) is 2. The maximum absolute atomic E-state index is 14.7. The van der Waals surface area contributed by atoms with E-state index in [1.54, 1.807) is 18.6 Å². The number of aromatic nitrogens is 2. The molecule has 4 aromatic rings. The fraction of sp³-hybridized carbons (Fsp3) is 0.333. The molecule has 33 heavy (non-hydrogen) atoms. The first-order valence-corrected chi connectivity index (χ1v) is 11.6. The van der Waals surface area contributed by atoms with Crippen LogP contribution in [0, 0.1) is 11.7 Å². The van der Waals surface area contributed by atoms with Crippen molar-refractivity contribution >= 4 is 11.0 Å². The van der Waals surface area contributed by atoms with E-state index in [1.807, 2.05) is 28.8 Å². The van der Waals surface area contributed by atoms with Crippen LogP contribution in [0.25, 0.3) is 22.2 Å². The molecule has 0 bridgehead atoms. The Morgan fingerprint density at radius 3 is 2.82 bits per heavy atom. The number of fused-ring (bicyclic) bond motifs is 4. The summed E-state index contributed by atoms with van der Waals surface area (Å²) in [6.07, 6.45) is 7.36. The number of benzene rings is 2. The van der Waals surface area contributed by atoms with E-state index < -0.39 is 6.10 Å². The minimum Gasteiger partial charge on any atom is -0.423 e. The minimum atomic E-state index is -0.498. The Bertz CT molecular complexity index is 1380. The molecule has 2 aliphatic rings. The molecule has 1 saturated carbocycles. The van der Waals surface area contributed by atoms with Crippen molar-refractivity contribution in [2.45, 2.75) is 50.2 Å². The van der Waals surface area contributed by atoms with Crippen LogP contribution in [-0.2, 0) is 0 Å². The van der Waals surface area contributed by atoms with Crippen molar-refractivity contribution < 1.29 is 13.9 Å². The van der Waals surface area contributed by atoms with Gasteiger partial charge in [0.1, 0.15) is 11.4 Å². The molecule has 1 N–H and O–H groups in total. The molecular formula is C27H25FN2O3. The van der Waals surface area contributed by atoms with Crippen molar-refractivity contribution in [1.29, 1.82) is 0 Å². The highest BCUT2D eigenvalue weighted by molar-refractivity contribution is 5.77. The van der Waals surface area contributed by atoms with Crippen molar-refractivity contribution in [2.75, 3.05) is 0 Å². The van der Waals surface area contributed by atoms with Gasteiger partial charge in [-0.25, -0.2) is 14.2 Å². The SMILES string of the molecule is O=c1ccc2cc(C3CCC(C(O)CC4c5c(F)cccc5-c5cncn54)CC3)ccc2o1. The fourth-order valence-electron chi connectivity index (χ4n) is 5.83. The minimum absolute atomic E-state index is 0.197. The number of imidazole rings is 1. The molecule has 2 unspecified atom stereocenters. The van der Waals surface area contributed by atoms with Gasteiger partial charge in [-0.15, -0.1) is 0 Å². The average Bonchev–Trinajstić information content (AvgIpc) is 3.42. The van der Waals surface area contributed by atoms with E-state index in [0.29, 0.717) is 23.5 Å². The Balaban J connectivity index is 1.16. The van der Waals surface area contributed by atoms with Crippen LogP contribution < -0.4 is 5.63 Å². The van der Waals surface area contributed by atoms with Gasteiger partial charge in [-0.05, 0) is 73.8 Å². The molecule has 6 heteroatoms. The van der Waals surface area contributed by atoms with Crippen molar-refractivity contribution in [3.05, 3.63) is 88.4 Å². The third-order valence-corrected chi connectivity index (χ3v) is 7.56. The summed E-state index contributed by atoms with van der Waals surface area (Å²) in [4.78, 5) is 15.7. The average molecular weight is 445 g/mol. The predicted molar refractivity (Wildman–Crippen MR) is 124 cm³/mol. The topological polar surface area (TPSA) is 68.3 Å². The molecule has 1 aliphatic carbocycles. The second-order valence-electron chi connectivity index (χ2n) is 9.37. The van der Waals surface area contributed by atoms with Crippen LogP contribution in [0.5, 0.6) is 0 Å². The van der Waals surface area contributed by atoms with Gasteiger partial charge in [0.2, 0.25) is 0 Å². The molecule has 3 heterocycles. The first-order valence-electron chi connectivity index (χ1n) is 11.6. The van der Waals surface area contributed by atoms with Crippen LogP contribution in [0.3, 0.4) is 0 Å². The monoisotopic (exact) mass is 444 g/mol.